The van der Waals surface area contributed by atoms with Gasteiger partial charge >= 0.3 is 5.97 Å². The van der Waals surface area contributed by atoms with Gasteiger partial charge in [-0.1, -0.05) is 26.0 Å². The monoisotopic (exact) mass is 294 g/mol. The third kappa shape index (κ3) is 4.03. The number of nitrogens with zero attached hydrogens (tertiary/aromatic N) is 3. The Hall–Kier alpha value is -1.92. The van der Waals surface area contributed by atoms with Gasteiger partial charge in [0.2, 0.25) is 5.91 Å². The molecule has 3 atom stereocenters. The number of carboxylic acids is 1. The van der Waals surface area contributed by atoms with Crippen LogP contribution in [0.15, 0.2) is 12.4 Å². The fraction of sp³-hybridized carbons (Fsp3) is 0.714. The van der Waals surface area contributed by atoms with Gasteiger partial charge in [-0.05, 0) is 18.3 Å². The second-order valence-corrected chi connectivity index (χ2v) is 6.87. The maximum Gasteiger partial charge on any atom is 0.306 e. The van der Waals surface area contributed by atoms with Crippen molar-refractivity contribution in [3.05, 3.63) is 12.4 Å². The van der Waals surface area contributed by atoms with E-state index in [1.165, 1.54) is 0 Å². The molecule has 7 heteroatoms. The first-order valence-corrected chi connectivity index (χ1v) is 7.14. The summed E-state index contributed by atoms with van der Waals surface area (Å²) in [6.07, 6.45) is 4.56. The van der Waals surface area contributed by atoms with Crippen LogP contribution in [0.5, 0.6) is 0 Å². The molecular formula is C14H22N4O3. The van der Waals surface area contributed by atoms with E-state index in [9.17, 15) is 14.7 Å². The molecule has 0 spiro atoms. The standard InChI is InChI=1S/C14H22N4O3/c1-14(2,3)8-12(19)16-10-6-9(13(20)21)7-11(10)18-5-4-15-17-18/h4-5,9-11H,6-8H2,1-3H3,(H,16,19)(H,20,21)/t9?,10-,11+/m1/s1. The second kappa shape index (κ2) is 5.83. The lowest BCUT2D eigenvalue weighted by atomic mass is 9.91. The highest BCUT2D eigenvalue weighted by Gasteiger charge is 2.40. The van der Waals surface area contributed by atoms with E-state index in [4.69, 9.17) is 0 Å². The Morgan fingerprint density at radius 1 is 1.38 bits per heavy atom. The van der Waals surface area contributed by atoms with Gasteiger partial charge in [0.15, 0.2) is 0 Å². The van der Waals surface area contributed by atoms with Crippen molar-refractivity contribution in [3.8, 4) is 0 Å². The summed E-state index contributed by atoms with van der Waals surface area (Å²) < 4.78 is 1.64. The van der Waals surface area contributed by atoms with Crippen LogP contribution in [0.3, 0.4) is 0 Å². The summed E-state index contributed by atoms with van der Waals surface area (Å²) in [5.74, 6) is -1.34. The lowest BCUT2D eigenvalue weighted by Gasteiger charge is -2.23. The number of amides is 1. The van der Waals surface area contributed by atoms with Crippen LogP contribution in [-0.2, 0) is 9.59 Å². The van der Waals surface area contributed by atoms with E-state index in [-0.39, 0.29) is 23.4 Å². The number of carbonyl (C=O) groups is 2. The number of carboxylic acid groups (broad SMARTS) is 1. The summed E-state index contributed by atoms with van der Waals surface area (Å²) in [7, 11) is 0. The molecule has 0 radical (unpaired) electrons. The number of nitrogens with one attached hydrogen (secondary N) is 1. The normalized spacial score (nSPS) is 25.8. The molecule has 21 heavy (non-hydrogen) atoms. The average molecular weight is 294 g/mol. The molecule has 0 saturated heterocycles. The Morgan fingerprint density at radius 2 is 2.10 bits per heavy atom. The van der Waals surface area contributed by atoms with Gasteiger partial charge in [-0.15, -0.1) is 5.10 Å². The zero-order valence-corrected chi connectivity index (χ0v) is 12.6. The topological polar surface area (TPSA) is 97.1 Å². The smallest absolute Gasteiger partial charge is 0.306 e. The third-order valence-corrected chi connectivity index (χ3v) is 3.70. The van der Waals surface area contributed by atoms with E-state index < -0.39 is 11.9 Å². The highest BCUT2D eigenvalue weighted by molar-refractivity contribution is 5.77. The SMILES string of the molecule is CC(C)(C)CC(=O)N[C@@H]1CC(C(=O)O)C[C@@H]1n1ccnn1. The molecule has 7 nitrogen and oxygen atoms in total. The summed E-state index contributed by atoms with van der Waals surface area (Å²) in [6, 6.07) is -0.375. The van der Waals surface area contributed by atoms with E-state index in [0.29, 0.717) is 19.3 Å². The third-order valence-electron chi connectivity index (χ3n) is 3.70. The minimum Gasteiger partial charge on any atom is -0.481 e. The van der Waals surface area contributed by atoms with Gasteiger partial charge in [0.05, 0.1) is 24.2 Å². The first-order valence-electron chi connectivity index (χ1n) is 7.14. The van der Waals surface area contributed by atoms with E-state index in [1.54, 1.807) is 17.1 Å². The average Bonchev–Trinajstić information content (AvgIpc) is 2.93. The van der Waals surface area contributed by atoms with Crippen molar-refractivity contribution in [2.45, 2.75) is 52.1 Å². The van der Waals surface area contributed by atoms with Gasteiger partial charge < -0.3 is 10.4 Å². The zero-order chi connectivity index (χ0) is 15.6. The van der Waals surface area contributed by atoms with Gasteiger partial charge in [-0.3, -0.25) is 9.59 Å². The Balaban J connectivity index is 2.07. The molecule has 2 N–H and O–H groups in total. The number of hydrogen-bond donors (Lipinski definition) is 2. The summed E-state index contributed by atoms with van der Waals surface area (Å²) in [4.78, 5) is 23.3. The molecule has 1 unspecified atom stereocenters. The number of aromatic nitrogens is 3. The van der Waals surface area contributed by atoms with Gasteiger partial charge in [-0.2, -0.15) is 0 Å². The van der Waals surface area contributed by atoms with Crippen LogP contribution in [0.2, 0.25) is 0 Å². The van der Waals surface area contributed by atoms with Crippen LogP contribution < -0.4 is 5.32 Å². The summed E-state index contributed by atoms with van der Waals surface area (Å²) in [6.45, 7) is 5.99. The molecule has 1 aromatic rings. The minimum atomic E-state index is -0.826. The van der Waals surface area contributed by atoms with Gasteiger partial charge in [-0.25, -0.2) is 4.68 Å². The lowest BCUT2D eigenvalue weighted by molar-refractivity contribution is -0.141. The predicted octanol–water partition coefficient (Wildman–Crippen LogP) is 1.23. The van der Waals surface area contributed by atoms with Crippen molar-refractivity contribution in [1.82, 2.24) is 20.3 Å². The largest absolute Gasteiger partial charge is 0.481 e. The molecule has 2 rings (SSSR count). The summed E-state index contributed by atoms with van der Waals surface area (Å²) in [5.41, 5.74) is -0.0996. The van der Waals surface area contributed by atoms with Crippen molar-refractivity contribution in [1.29, 1.82) is 0 Å². The fourth-order valence-corrected chi connectivity index (χ4v) is 2.80. The number of rotatable bonds is 4. The molecular weight excluding hydrogens is 272 g/mol. The molecule has 1 fully saturated rings. The van der Waals surface area contributed by atoms with Gasteiger partial charge in [0.25, 0.3) is 0 Å². The molecule has 0 aliphatic heterocycles. The van der Waals surface area contributed by atoms with Crippen LogP contribution in [0, 0.1) is 11.3 Å². The molecule has 1 aromatic heterocycles. The van der Waals surface area contributed by atoms with Crippen LogP contribution in [0.25, 0.3) is 0 Å². The molecule has 1 saturated carbocycles. The van der Waals surface area contributed by atoms with Crippen LogP contribution in [0.1, 0.15) is 46.1 Å². The lowest BCUT2D eigenvalue weighted by Crippen LogP contribution is -2.40. The van der Waals surface area contributed by atoms with Gasteiger partial charge in [0.1, 0.15) is 0 Å². The summed E-state index contributed by atoms with van der Waals surface area (Å²) >= 11 is 0. The molecule has 0 bridgehead atoms. The van der Waals surface area contributed by atoms with E-state index in [2.05, 4.69) is 15.6 Å². The number of aliphatic carboxylic acids is 1. The molecule has 1 aliphatic rings. The van der Waals surface area contributed by atoms with Crippen molar-refractivity contribution >= 4 is 11.9 Å². The Morgan fingerprint density at radius 3 is 2.62 bits per heavy atom. The maximum absolute atomic E-state index is 12.1. The van der Waals surface area contributed by atoms with Gasteiger partial charge in [0, 0.05) is 12.6 Å². The van der Waals surface area contributed by atoms with Crippen molar-refractivity contribution < 1.29 is 14.7 Å². The molecule has 1 aliphatic carbocycles. The van der Waals surface area contributed by atoms with Crippen molar-refractivity contribution in [2.24, 2.45) is 11.3 Å². The van der Waals surface area contributed by atoms with Crippen LogP contribution in [-0.4, -0.2) is 38.0 Å². The molecule has 1 heterocycles. The predicted molar refractivity (Wildman–Crippen MR) is 75.4 cm³/mol. The summed E-state index contributed by atoms with van der Waals surface area (Å²) in [5, 5.41) is 19.9. The first-order chi connectivity index (χ1) is 9.76. The van der Waals surface area contributed by atoms with E-state index >= 15 is 0 Å². The quantitative estimate of drug-likeness (QED) is 0.870. The molecule has 1 amide bonds. The van der Waals surface area contributed by atoms with Crippen molar-refractivity contribution in [3.63, 3.8) is 0 Å². The Labute approximate surface area is 123 Å². The highest BCUT2D eigenvalue weighted by atomic mass is 16.4. The second-order valence-electron chi connectivity index (χ2n) is 6.87. The Bertz CT molecular complexity index is 507. The van der Waals surface area contributed by atoms with E-state index in [0.717, 1.165) is 0 Å². The first kappa shape index (κ1) is 15.5. The zero-order valence-electron chi connectivity index (χ0n) is 12.6. The Kier molecular flexibility index (Phi) is 4.29. The highest BCUT2D eigenvalue weighted by Crippen LogP contribution is 2.35. The van der Waals surface area contributed by atoms with Crippen LogP contribution in [0.4, 0.5) is 0 Å². The van der Waals surface area contributed by atoms with Crippen LogP contribution >= 0.6 is 0 Å². The number of hydrogen-bond acceptors (Lipinski definition) is 4. The fourth-order valence-electron chi connectivity index (χ4n) is 2.80. The van der Waals surface area contributed by atoms with Crippen molar-refractivity contribution in [2.75, 3.05) is 0 Å². The minimum absolute atomic E-state index is 0.0522. The maximum atomic E-state index is 12.1. The molecule has 0 aromatic carbocycles. The van der Waals surface area contributed by atoms with E-state index in [1.807, 2.05) is 20.8 Å². The number of carbonyl (C=O) groups excluding carboxylic acids is 1. The molecule has 116 valence electrons.